The van der Waals surface area contributed by atoms with Crippen molar-refractivity contribution in [2.24, 2.45) is 11.8 Å². The van der Waals surface area contributed by atoms with E-state index in [9.17, 15) is 9.90 Å². The molecule has 0 aromatic carbocycles. The Morgan fingerprint density at radius 1 is 1.44 bits per heavy atom. The van der Waals surface area contributed by atoms with Gasteiger partial charge in [0, 0.05) is 18.0 Å². The number of aliphatic hydroxyl groups excluding tert-OH is 1. The molecule has 1 aromatic rings. The van der Waals surface area contributed by atoms with Crippen molar-refractivity contribution in [1.82, 2.24) is 4.98 Å². The minimum absolute atomic E-state index is 0.132. The summed E-state index contributed by atoms with van der Waals surface area (Å²) in [5.74, 6) is -1.92. The van der Waals surface area contributed by atoms with Gasteiger partial charge in [0.2, 0.25) is 0 Å². The smallest absolute Gasteiger partial charge is 0.309 e. The minimum Gasteiger partial charge on any atom is -0.481 e. The molecule has 4 nitrogen and oxygen atoms in total. The molecule has 0 aliphatic heterocycles. The number of carboxylic acid groups (broad SMARTS) is 1. The van der Waals surface area contributed by atoms with Gasteiger partial charge in [-0.25, -0.2) is 0 Å². The van der Waals surface area contributed by atoms with E-state index in [1.165, 1.54) is 6.20 Å². The third-order valence-corrected chi connectivity index (χ3v) is 2.74. The minimum atomic E-state index is -1.01. The van der Waals surface area contributed by atoms with E-state index in [1.807, 2.05) is 6.92 Å². The summed E-state index contributed by atoms with van der Waals surface area (Å²) in [4.78, 5) is 15.0. The first kappa shape index (κ1) is 12.6. The highest BCUT2D eigenvalue weighted by Gasteiger charge is 2.31. The molecule has 2 N–H and O–H groups in total. The van der Waals surface area contributed by atoms with Crippen LogP contribution in [0.2, 0.25) is 0 Å². The van der Waals surface area contributed by atoms with E-state index < -0.39 is 18.0 Å². The zero-order valence-electron chi connectivity index (χ0n) is 9.71. The largest absolute Gasteiger partial charge is 0.481 e. The van der Waals surface area contributed by atoms with Gasteiger partial charge in [-0.05, 0) is 24.5 Å². The Bertz CT molecular complexity index is 376. The van der Waals surface area contributed by atoms with E-state index in [0.717, 1.165) is 5.56 Å². The lowest BCUT2D eigenvalue weighted by atomic mass is 9.86. The van der Waals surface area contributed by atoms with Gasteiger partial charge in [-0.2, -0.15) is 0 Å². The van der Waals surface area contributed by atoms with E-state index in [2.05, 4.69) is 4.98 Å². The van der Waals surface area contributed by atoms with Crippen molar-refractivity contribution < 1.29 is 15.0 Å². The summed E-state index contributed by atoms with van der Waals surface area (Å²) < 4.78 is 0. The maximum Gasteiger partial charge on any atom is 0.309 e. The number of aliphatic hydroxyl groups is 1. The summed E-state index contributed by atoms with van der Waals surface area (Å²) in [6, 6.07) is 1.76. The SMILES string of the molecule is Cc1ccncc1C(O)C(C(=O)O)C(C)C. The molecule has 16 heavy (non-hydrogen) atoms. The molecular formula is C12H17NO3. The molecule has 1 rings (SSSR count). The lowest BCUT2D eigenvalue weighted by Gasteiger charge is -2.23. The number of aliphatic carboxylic acids is 1. The van der Waals surface area contributed by atoms with Crippen LogP contribution in [0.15, 0.2) is 18.5 Å². The van der Waals surface area contributed by atoms with Crippen LogP contribution in [-0.2, 0) is 4.79 Å². The Hall–Kier alpha value is -1.42. The summed E-state index contributed by atoms with van der Waals surface area (Å²) in [7, 11) is 0. The average molecular weight is 223 g/mol. The van der Waals surface area contributed by atoms with Gasteiger partial charge >= 0.3 is 5.97 Å². The first-order valence-corrected chi connectivity index (χ1v) is 5.26. The topological polar surface area (TPSA) is 70.4 Å². The van der Waals surface area contributed by atoms with Crippen molar-refractivity contribution in [2.75, 3.05) is 0 Å². The normalized spacial score (nSPS) is 14.8. The van der Waals surface area contributed by atoms with Crippen molar-refractivity contribution in [1.29, 1.82) is 0 Å². The Kier molecular flexibility index (Phi) is 4.01. The molecule has 0 aliphatic carbocycles. The van der Waals surface area contributed by atoms with Gasteiger partial charge in [-0.3, -0.25) is 9.78 Å². The van der Waals surface area contributed by atoms with Gasteiger partial charge in [0.15, 0.2) is 0 Å². The lowest BCUT2D eigenvalue weighted by molar-refractivity contribution is -0.148. The highest BCUT2D eigenvalue weighted by Crippen LogP contribution is 2.29. The number of aromatic nitrogens is 1. The van der Waals surface area contributed by atoms with Crippen molar-refractivity contribution in [3.8, 4) is 0 Å². The third-order valence-electron chi connectivity index (χ3n) is 2.74. The summed E-state index contributed by atoms with van der Waals surface area (Å²) in [5, 5.41) is 19.2. The van der Waals surface area contributed by atoms with Crippen molar-refractivity contribution in [2.45, 2.75) is 26.9 Å². The summed E-state index contributed by atoms with van der Waals surface area (Å²) in [5.41, 5.74) is 1.44. The number of hydrogen-bond donors (Lipinski definition) is 2. The van der Waals surface area contributed by atoms with Crippen LogP contribution >= 0.6 is 0 Å². The van der Waals surface area contributed by atoms with E-state index in [-0.39, 0.29) is 5.92 Å². The molecule has 0 aliphatic rings. The molecular weight excluding hydrogens is 206 g/mol. The van der Waals surface area contributed by atoms with Crippen molar-refractivity contribution in [3.05, 3.63) is 29.6 Å². The van der Waals surface area contributed by atoms with Gasteiger partial charge in [0.25, 0.3) is 0 Å². The quantitative estimate of drug-likeness (QED) is 0.816. The van der Waals surface area contributed by atoms with Crippen LogP contribution in [-0.4, -0.2) is 21.2 Å². The summed E-state index contributed by atoms with van der Waals surface area (Å²) in [6.07, 6.45) is 2.14. The Morgan fingerprint density at radius 3 is 2.50 bits per heavy atom. The maximum atomic E-state index is 11.1. The second kappa shape index (κ2) is 5.07. The first-order chi connectivity index (χ1) is 7.45. The average Bonchev–Trinajstić information content (AvgIpc) is 2.16. The predicted molar refractivity (Wildman–Crippen MR) is 59.9 cm³/mol. The van der Waals surface area contributed by atoms with Crippen LogP contribution in [0.1, 0.15) is 31.1 Å². The highest BCUT2D eigenvalue weighted by molar-refractivity contribution is 5.71. The molecule has 0 saturated carbocycles. The lowest BCUT2D eigenvalue weighted by Crippen LogP contribution is -2.27. The number of pyridine rings is 1. The Balaban J connectivity index is 3.04. The summed E-state index contributed by atoms with van der Waals surface area (Å²) >= 11 is 0. The number of rotatable bonds is 4. The molecule has 0 saturated heterocycles. The fourth-order valence-corrected chi connectivity index (χ4v) is 1.76. The van der Waals surface area contributed by atoms with Crippen LogP contribution in [0.4, 0.5) is 0 Å². The van der Waals surface area contributed by atoms with E-state index in [0.29, 0.717) is 5.56 Å². The summed E-state index contributed by atoms with van der Waals surface area (Å²) in [6.45, 7) is 5.40. The monoisotopic (exact) mass is 223 g/mol. The fourth-order valence-electron chi connectivity index (χ4n) is 1.76. The van der Waals surface area contributed by atoms with Crippen LogP contribution in [0.25, 0.3) is 0 Å². The van der Waals surface area contributed by atoms with Gasteiger partial charge in [0.05, 0.1) is 12.0 Å². The molecule has 0 fully saturated rings. The number of aryl methyl sites for hydroxylation is 1. The van der Waals surface area contributed by atoms with Gasteiger partial charge in [-0.15, -0.1) is 0 Å². The molecule has 4 heteroatoms. The molecule has 1 aromatic heterocycles. The third kappa shape index (κ3) is 2.58. The molecule has 88 valence electrons. The Morgan fingerprint density at radius 2 is 2.06 bits per heavy atom. The van der Waals surface area contributed by atoms with Crippen molar-refractivity contribution in [3.63, 3.8) is 0 Å². The fraction of sp³-hybridized carbons (Fsp3) is 0.500. The van der Waals surface area contributed by atoms with E-state index in [1.54, 1.807) is 26.1 Å². The second-order valence-electron chi connectivity index (χ2n) is 4.29. The first-order valence-electron chi connectivity index (χ1n) is 5.26. The predicted octanol–water partition coefficient (Wildman–Crippen LogP) is 1.78. The highest BCUT2D eigenvalue weighted by atomic mass is 16.4. The van der Waals surface area contributed by atoms with Gasteiger partial charge in [-0.1, -0.05) is 13.8 Å². The van der Waals surface area contributed by atoms with Crippen LogP contribution in [0.5, 0.6) is 0 Å². The van der Waals surface area contributed by atoms with E-state index in [4.69, 9.17) is 5.11 Å². The van der Waals surface area contributed by atoms with Gasteiger partial charge in [0.1, 0.15) is 0 Å². The molecule has 2 atom stereocenters. The standard InChI is InChI=1S/C12H17NO3/c1-7(2)10(12(15)16)11(14)9-6-13-5-4-8(9)3/h4-7,10-11,14H,1-3H3,(H,15,16). The molecule has 0 radical (unpaired) electrons. The maximum absolute atomic E-state index is 11.1. The molecule has 0 spiro atoms. The van der Waals surface area contributed by atoms with Crippen LogP contribution < -0.4 is 0 Å². The number of carbonyl (C=O) groups is 1. The van der Waals surface area contributed by atoms with Gasteiger partial charge < -0.3 is 10.2 Å². The molecule has 0 bridgehead atoms. The number of hydrogen-bond acceptors (Lipinski definition) is 3. The number of nitrogens with zero attached hydrogens (tertiary/aromatic N) is 1. The zero-order valence-corrected chi connectivity index (χ0v) is 9.71. The second-order valence-corrected chi connectivity index (χ2v) is 4.29. The number of carboxylic acids is 1. The van der Waals surface area contributed by atoms with Crippen LogP contribution in [0.3, 0.4) is 0 Å². The Labute approximate surface area is 95.0 Å². The zero-order chi connectivity index (χ0) is 12.3. The van der Waals surface area contributed by atoms with Crippen LogP contribution in [0, 0.1) is 18.8 Å². The van der Waals surface area contributed by atoms with Crippen molar-refractivity contribution >= 4 is 5.97 Å². The molecule has 0 amide bonds. The molecule has 1 heterocycles. The molecule has 2 unspecified atom stereocenters. The van der Waals surface area contributed by atoms with E-state index >= 15 is 0 Å².